The van der Waals surface area contributed by atoms with Crippen molar-refractivity contribution < 1.29 is 19.7 Å². The lowest BCUT2D eigenvalue weighted by Crippen LogP contribution is -2.48. The third kappa shape index (κ3) is 3.85. The summed E-state index contributed by atoms with van der Waals surface area (Å²) in [5.41, 5.74) is -1.14. The van der Waals surface area contributed by atoms with Crippen LogP contribution in [0.3, 0.4) is 0 Å². The minimum Gasteiger partial charge on any atom is -0.388 e. The molecule has 1 amide bonds. The molecule has 5 heteroatoms. The number of hydrogen-bond acceptors (Lipinski definition) is 4. The highest BCUT2D eigenvalue weighted by Gasteiger charge is 2.46. The summed E-state index contributed by atoms with van der Waals surface area (Å²) in [6.07, 6.45) is 0.192. The Morgan fingerprint density at radius 3 is 2.64 bits per heavy atom. The second-order valence-electron chi connectivity index (χ2n) is 6.70. The fourth-order valence-corrected chi connectivity index (χ4v) is 2.70. The fraction of sp³-hybridized carbons (Fsp3) is 0.588. The van der Waals surface area contributed by atoms with Crippen LogP contribution in [0.1, 0.15) is 44.0 Å². The SMILES string of the molecule is CC(C)(O)[C@@H]1CC[C@](C)([C@H](O)CNC(=O)c2ccccc2)O1. The first kappa shape index (κ1) is 16.9. The van der Waals surface area contributed by atoms with Gasteiger partial charge in [-0.2, -0.15) is 0 Å². The highest BCUT2D eigenvalue weighted by molar-refractivity contribution is 5.94. The molecule has 0 aromatic heterocycles. The molecule has 0 spiro atoms. The maximum absolute atomic E-state index is 12.0. The van der Waals surface area contributed by atoms with Crippen molar-refractivity contribution in [3.05, 3.63) is 35.9 Å². The van der Waals surface area contributed by atoms with Crippen LogP contribution < -0.4 is 5.32 Å². The van der Waals surface area contributed by atoms with Gasteiger partial charge in [-0.15, -0.1) is 0 Å². The summed E-state index contributed by atoms with van der Waals surface area (Å²) in [5.74, 6) is -0.222. The molecule has 22 heavy (non-hydrogen) atoms. The standard InChI is InChI=1S/C17H25NO4/c1-16(2,21)14-9-10-17(3,22-14)13(19)11-18-15(20)12-7-5-4-6-8-12/h4-8,13-14,19,21H,9-11H2,1-3H3,(H,18,20)/t13-,14+,17-/m1/s1. The van der Waals surface area contributed by atoms with Gasteiger partial charge >= 0.3 is 0 Å². The second-order valence-corrected chi connectivity index (χ2v) is 6.70. The third-order valence-electron chi connectivity index (χ3n) is 4.30. The number of carbonyl (C=O) groups is 1. The normalized spacial score (nSPS) is 26.7. The van der Waals surface area contributed by atoms with Crippen LogP contribution in [-0.4, -0.2) is 46.1 Å². The molecule has 0 saturated carbocycles. The van der Waals surface area contributed by atoms with E-state index < -0.39 is 17.3 Å². The van der Waals surface area contributed by atoms with Gasteiger partial charge in [-0.25, -0.2) is 0 Å². The summed E-state index contributed by atoms with van der Waals surface area (Å²) < 4.78 is 5.86. The maximum atomic E-state index is 12.0. The van der Waals surface area contributed by atoms with Crippen molar-refractivity contribution in [3.8, 4) is 0 Å². The molecular formula is C17H25NO4. The van der Waals surface area contributed by atoms with Crippen LogP contribution in [0.5, 0.6) is 0 Å². The topological polar surface area (TPSA) is 78.8 Å². The Balaban J connectivity index is 1.90. The largest absolute Gasteiger partial charge is 0.388 e. The summed E-state index contributed by atoms with van der Waals surface area (Å²) in [6, 6.07) is 8.87. The van der Waals surface area contributed by atoms with Crippen molar-refractivity contribution in [1.29, 1.82) is 0 Å². The van der Waals surface area contributed by atoms with E-state index in [2.05, 4.69) is 5.32 Å². The number of carbonyl (C=O) groups excluding carboxylic acids is 1. The molecule has 0 bridgehead atoms. The lowest BCUT2D eigenvalue weighted by atomic mass is 9.93. The lowest BCUT2D eigenvalue weighted by Gasteiger charge is -2.33. The van der Waals surface area contributed by atoms with Gasteiger partial charge in [-0.3, -0.25) is 4.79 Å². The number of aliphatic hydroxyl groups is 2. The number of ether oxygens (including phenoxy) is 1. The second kappa shape index (κ2) is 6.36. The van der Waals surface area contributed by atoms with Gasteiger partial charge in [0, 0.05) is 12.1 Å². The van der Waals surface area contributed by atoms with Crippen LogP contribution in [0.2, 0.25) is 0 Å². The van der Waals surface area contributed by atoms with Crippen molar-refractivity contribution in [1.82, 2.24) is 5.32 Å². The predicted octanol–water partition coefficient (Wildman–Crippen LogP) is 1.49. The van der Waals surface area contributed by atoms with E-state index in [4.69, 9.17) is 4.74 Å². The molecule has 3 N–H and O–H groups in total. The Labute approximate surface area is 131 Å². The smallest absolute Gasteiger partial charge is 0.251 e. The minimum absolute atomic E-state index is 0.114. The molecule has 1 aromatic rings. The van der Waals surface area contributed by atoms with Crippen molar-refractivity contribution in [2.75, 3.05) is 6.54 Å². The molecule has 1 aromatic carbocycles. The van der Waals surface area contributed by atoms with Gasteiger partial charge in [0.2, 0.25) is 0 Å². The van der Waals surface area contributed by atoms with Gasteiger partial charge in [0.05, 0.1) is 23.4 Å². The molecule has 1 aliphatic heterocycles. The van der Waals surface area contributed by atoms with E-state index in [0.717, 1.165) is 0 Å². The number of rotatable bonds is 5. The highest BCUT2D eigenvalue weighted by atomic mass is 16.5. The number of amides is 1. The Bertz CT molecular complexity index is 511. The van der Waals surface area contributed by atoms with Crippen molar-refractivity contribution in [2.24, 2.45) is 0 Å². The average molecular weight is 307 g/mol. The van der Waals surface area contributed by atoms with Gasteiger partial charge in [0.15, 0.2) is 0 Å². The quantitative estimate of drug-likeness (QED) is 0.770. The zero-order valence-electron chi connectivity index (χ0n) is 13.4. The van der Waals surface area contributed by atoms with Gasteiger partial charge < -0.3 is 20.3 Å². The average Bonchev–Trinajstić information content (AvgIpc) is 2.89. The van der Waals surface area contributed by atoms with Crippen molar-refractivity contribution in [3.63, 3.8) is 0 Å². The predicted molar refractivity (Wildman–Crippen MR) is 83.6 cm³/mol. The molecule has 5 nitrogen and oxygen atoms in total. The van der Waals surface area contributed by atoms with E-state index in [0.29, 0.717) is 18.4 Å². The first-order valence-corrected chi connectivity index (χ1v) is 7.64. The number of aliphatic hydroxyl groups excluding tert-OH is 1. The molecular weight excluding hydrogens is 282 g/mol. The number of nitrogens with one attached hydrogen (secondary N) is 1. The summed E-state index contributed by atoms with van der Waals surface area (Å²) in [4.78, 5) is 12.0. The molecule has 1 saturated heterocycles. The molecule has 122 valence electrons. The van der Waals surface area contributed by atoms with Crippen LogP contribution in [0.4, 0.5) is 0 Å². The van der Waals surface area contributed by atoms with Crippen molar-refractivity contribution in [2.45, 2.75) is 57.0 Å². The van der Waals surface area contributed by atoms with E-state index in [1.807, 2.05) is 13.0 Å². The van der Waals surface area contributed by atoms with Crippen LogP contribution in [0.15, 0.2) is 30.3 Å². The van der Waals surface area contributed by atoms with Gasteiger partial charge in [0.1, 0.15) is 0 Å². The van der Waals surface area contributed by atoms with Crippen LogP contribution in [-0.2, 0) is 4.74 Å². The van der Waals surface area contributed by atoms with Crippen LogP contribution in [0, 0.1) is 0 Å². The first-order valence-electron chi connectivity index (χ1n) is 7.64. The fourth-order valence-electron chi connectivity index (χ4n) is 2.70. The van der Waals surface area contributed by atoms with E-state index >= 15 is 0 Å². The van der Waals surface area contributed by atoms with E-state index in [-0.39, 0.29) is 18.6 Å². The monoisotopic (exact) mass is 307 g/mol. The highest BCUT2D eigenvalue weighted by Crippen LogP contribution is 2.37. The maximum Gasteiger partial charge on any atom is 0.251 e. The van der Waals surface area contributed by atoms with E-state index in [9.17, 15) is 15.0 Å². The minimum atomic E-state index is -0.940. The Kier molecular flexibility index (Phi) is 4.90. The summed E-state index contributed by atoms with van der Waals surface area (Å²) in [5, 5.41) is 23.1. The molecule has 0 radical (unpaired) electrons. The van der Waals surface area contributed by atoms with Crippen molar-refractivity contribution >= 4 is 5.91 Å². The van der Waals surface area contributed by atoms with E-state index in [1.54, 1.807) is 38.1 Å². The summed E-state index contributed by atoms with van der Waals surface area (Å²) in [6.45, 7) is 5.33. The number of hydrogen-bond donors (Lipinski definition) is 3. The summed E-state index contributed by atoms with van der Waals surface area (Å²) in [7, 11) is 0. The zero-order valence-corrected chi connectivity index (χ0v) is 13.4. The molecule has 1 fully saturated rings. The third-order valence-corrected chi connectivity index (χ3v) is 4.30. The first-order chi connectivity index (χ1) is 10.2. The lowest BCUT2D eigenvalue weighted by molar-refractivity contribution is -0.151. The van der Waals surface area contributed by atoms with Gasteiger partial charge in [-0.1, -0.05) is 18.2 Å². The summed E-state index contributed by atoms with van der Waals surface area (Å²) >= 11 is 0. The van der Waals surface area contributed by atoms with Crippen LogP contribution >= 0.6 is 0 Å². The van der Waals surface area contributed by atoms with E-state index in [1.165, 1.54) is 0 Å². The molecule has 1 aliphatic rings. The Hall–Kier alpha value is -1.43. The van der Waals surface area contributed by atoms with Gasteiger partial charge in [-0.05, 0) is 45.7 Å². The molecule has 2 rings (SSSR count). The molecule has 1 heterocycles. The molecule has 3 atom stereocenters. The molecule has 0 unspecified atom stereocenters. The zero-order chi connectivity index (χ0) is 16.4. The Morgan fingerprint density at radius 1 is 1.45 bits per heavy atom. The van der Waals surface area contributed by atoms with Gasteiger partial charge in [0.25, 0.3) is 5.91 Å². The number of benzene rings is 1. The molecule has 0 aliphatic carbocycles. The van der Waals surface area contributed by atoms with Crippen LogP contribution in [0.25, 0.3) is 0 Å². The Morgan fingerprint density at radius 2 is 2.09 bits per heavy atom.